The summed E-state index contributed by atoms with van der Waals surface area (Å²) in [5, 5.41) is 0. The van der Waals surface area contributed by atoms with E-state index in [-0.39, 0.29) is 17.3 Å². The largest absolute Gasteiger partial charge is 0.378 e. The lowest BCUT2D eigenvalue weighted by molar-refractivity contribution is -0.0920. The Morgan fingerprint density at radius 2 is 2.10 bits per heavy atom. The highest BCUT2D eigenvalue weighted by atomic mass is 16.6. The fourth-order valence-electron chi connectivity index (χ4n) is 3.16. The number of carbonyl (C=O) groups is 1. The van der Waals surface area contributed by atoms with Crippen molar-refractivity contribution in [2.24, 2.45) is 11.7 Å². The number of hydrogen-bond donors (Lipinski definition) is 1. The molecular weight excluding hydrogens is 254 g/mol. The standard InChI is InChI=1S/C16H21NO3/c17-10-12-1-3-13(4-2-12)15(18)14-5-7-20-16(9-14)6-8-19-11-16/h1-4,14H,5-11,17H2. The molecule has 2 unspecified atom stereocenters. The number of hydrogen-bond acceptors (Lipinski definition) is 4. The molecule has 0 saturated carbocycles. The van der Waals surface area contributed by atoms with Gasteiger partial charge in [-0.3, -0.25) is 4.79 Å². The lowest BCUT2D eigenvalue weighted by Crippen LogP contribution is -2.42. The zero-order chi connectivity index (χ0) is 14.0. The summed E-state index contributed by atoms with van der Waals surface area (Å²) in [6.07, 6.45) is 2.49. The Morgan fingerprint density at radius 3 is 2.75 bits per heavy atom. The molecular formula is C16H21NO3. The average molecular weight is 275 g/mol. The monoisotopic (exact) mass is 275 g/mol. The fraction of sp³-hybridized carbons (Fsp3) is 0.562. The van der Waals surface area contributed by atoms with Crippen LogP contribution in [0.3, 0.4) is 0 Å². The molecule has 2 saturated heterocycles. The summed E-state index contributed by atoms with van der Waals surface area (Å²) in [4.78, 5) is 12.6. The second kappa shape index (κ2) is 5.64. The number of ketones is 1. The Balaban J connectivity index is 1.72. The Hall–Kier alpha value is -1.23. The van der Waals surface area contributed by atoms with E-state index in [1.165, 1.54) is 0 Å². The molecule has 0 radical (unpaired) electrons. The first-order chi connectivity index (χ1) is 9.72. The van der Waals surface area contributed by atoms with Gasteiger partial charge in [0.2, 0.25) is 0 Å². The highest BCUT2D eigenvalue weighted by Crippen LogP contribution is 2.37. The van der Waals surface area contributed by atoms with Crippen LogP contribution in [-0.2, 0) is 16.0 Å². The maximum atomic E-state index is 12.6. The number of carbonyl (C=O) groups excluding carboxylic acids is 1. The third kappa shape index (κ3) is 2.64. The van der Waals surface area contributed by atoms with Crippen LogP contribution in [0.25, 0.3) is 0 Å². The molecule has 3 rings (SSSR count). The summed E-state index contributed by atoms with van der Waals surface area (Å²) in [5.41, 5.74) is 7.20. The number of benzene rings is 1. The van der Waals surface area contributed by atoms with E-state index in [2.05, 4.69) is 0 Å². The summed E-state index contributed by atoms with van der Waals surface area (Å²) in [5.74, 6) is 0.275. The first-order valence-corrected chi connectivity index (χ1v) is 7.27. The number of Topliss-reactive ketones (excluding diaryl/α,β-unsaturated/α-hetero) is 1. The maximum Gasteiger partial charge on any atom is 0.166 e. The zero-order valence-corrected chi connectivity index (χ0v) is 11.6. The van der Waals surface area contributed by atoms with Gasteiger partial charge in [-0.2, -0.15) is 0 Å². The van der Waals surface area contributed by atoms with E-state index in [9.17, 15) is 4.79 Å². The molecule has 1 spiro atoms. The SMILES string of the molecule is NCc1ccc(C(=O)C2CCOC3(CCOC3)C2)cc1. The first kappa shape index (κ1) is 13.7. The van der Waals surface area contributed by atoms with Crippen molar-refractivity contribution in [3.63, 3.8) is 0 Å². The Morgan fingerprint density at radius 1 is 1.30 bits per heavy atom. The van der Waals surface area contributed by atoms with Crippen molar-refractivity contribution >= 4 is 5.78 Å². The summed E-state index contributed by atoms with van der Waals surface area (Å²) in [6, 6.07) is 7.64. The minimum atomic E-state index is -0.213. The summed E-state index contributed by atoms with van der Waals surface area (Å²) >= 11 is 0. The highest BCUT2D eigenvalue weighted by Gasteiger charge is 2.42. The first-order valence-electron chi connectivity index (χ1n) is 7.27. The summed E-state index contributed by atoms with van der Waals surface area (Å²) in [6.45, 7) is 2.53. The Kier molecular flexibility index (Phi) is 3.87. The molecule has 20 heavy (non-hydrogen) atoms. The van der Waals surface area contributed by atoms with Gasteiger partial charge in [-0.15, -0.1) is 0 Å². The van der Waals surface area contributed by atoms with Gasteiger partial charge in [0.25, 0.3) is 0 Å². The van der Waals surface area contributed by atoms with Gasteiger partial charge in [0, 0.05) is 37.7 Å². The van der Waals surface area contributed by atoms with Gasteiger partial charge in [0.05, 0.1) is 12.2 Å². The molecule has 0 aliphatic carbocycles. The summed E-state index contributed by atoms with van der Waals surface area (Å²) in [7, 11) is 0. The molecule has 108 valence electrons. The summed E-state index contributed by atoms with van der Waals surface area (Å²) < 4.78 is 11.3. The van der Waals surface area contributed by atoms with Crippen LogP contribution in [0.15, 0.2) is 24.3 Å². The van der Waals surface area contributed by atoms with Crippen molar-refractivity contribution in [1.29, 1.82) is 0 Å². The third-order valence-electron chi connectivity index (χ3n) is 4.41. The molecule has 0 aromatic heterocycles. The molecule has 0 amide bonds. The topological polar surface area (TPSA) is 61.6 Å². The van der Waals surface area contributed by atoms with Gasteiger partial charge in [-0.25, -0.2) is 0 Å². The molecule has 2 aliphatic rings. The van der Waals surface area contributed by atoms with E-state index in [4.69, 9.17) is 15.2 Å². The smallest absolute Gasteiger partial charge is 0.166 e. The van der Waals surface area contributed by atoms with Crippen LogP contribution in [0.5, 0.6) is 0 Å². The van der Waals surface area contributed by atoms with E-state index in [0.717, 1.165) is 37.0 Å². The molecule has 0 bridgehead atoms. The minimum Gasteiger partial charge on any atom is -0.378 e. The predicted octanol–water partition coefficient (Wildman–Crippen LogP) is 1.91. The molecule has 2 atom stereocenters. The minimum absolute atomic E-state index is 0.0502. The molecule has 2 aliphatic heterocycles. The van der Waals surface area contributed by atoms with Crippen LogP contribution in [0.1, 0.15) is 35.2 Å². The third-order valence-corrected chi connectivity index (χ3v) is 4.41. The van der Waals surface area contributed by atoms with Crippen LogP contribution in [0, 0.1) is 5.92 Å². The van der Waals surface area contributed by atoms with Gasteiger partial charge < -0.3 is 15.2 Å². The van der Waals surface area contributed by atoms with Crippen molar-refractivity contribution in [1.82, 2.24) is 0 Å². The van der Waals surface area contributed by atoms with E-state index in [1.54, 1.807) is 0 Å². The van der Waals surface area contributed by atoms with E-state index in [1.807, 2.05) is 24.3 Å². The maximum absolute atomic E-state index is 12.6. The number of ether oxygens (including phenoxy) is 2. The van der Waals surface area contributed by atoms with Crippen molar-refractivity contribution in [2.75, 3.05) is 19.8 Å². The zero-order valence-electron chi connectivity index (χ0n) is 11.6. The average Bonchev–Trinajstić information content (AvgIpc) is 2.94. The molecule has 1 aromatic rings. The normalized spacial score (nSPS) is 29.8. The van der Waals surface area contributed by atoms with Crippen molar-refractivity contribution in [3.05, 3.63) is 35.4 Å². The molecule has 2 heterocycles. The van der Waals surface area contributed by atoms with E-state index >= 15 is 0 Å². The second-order valence-corrected chi connectivity index (χ2v) is 5.79. The highest BCUT2D eigenvalue weighted by molar-refractivity contribution is 5.98. The van der Waals surface area contributed by atoms with Crippen LogP contribution in [0.4, 0.5) is 0 Å². The molecule has 1 aromatic carbocycles. The molecule has 4 nitrogen and oxygen atoms in total. The van der Waals surface area contributed by atoms with Crippen LogP contribution >= 0.6 is 0 Å². The second-order valence-electron chi connectivity index (χ2n) is 5.79. The van der Waals surface area contributed by atoms with Crippen molar-refractivity contribution in [2.45, 2.75) is 31.4 Å². The quantitative estimate of drug-likeness (QED) is 0.856. The van der Waals surface area contributed by atoms with Gasteiger partial charge in [0.1, 0.15) is 0 Å². The fourth-order valence-corrected chi connectivity index (χ4v) is 3.16. The number of nitrogens with two attached hydrogens (primary N) is 1. The van der Waals surface area contributed by atoms with Crippen LogP contribution in [0.2, 0.25) is 0 Å². The lowest BCUT2D eigenvalue weighted by Gasteiger charge is -2.36. The van der Waals surface area contributed by atoms with Gasteiger partial charge >= 0.3 is 0 Å². The predicted molar refractivity (Wildman–Crippen MR) is 75.5 cm³/mol. The lowest BCUT2D eigenvalue weighted by atomic mass is 9.81. The van der Waals surface area contributed by atoms with E-state index in [0.29, 0.717) is 19.8 Å². The Labute approximate surface area is 119 Å². The number of rotatable bonds is 3. The molecule has 4 heteroatoms. The van der Waals surface area contributed by atoms with Crippen molar-refractivity contribution in [3.8, 4) is 0 Å². The molecule has 2 fully saturated rings. The van der Waals surface area contributed by atoms with Crippen LogP contribution in [-0.4, -0.2) is 31.2 Å². The Bertz CT molecular complexity index is 477. The van der Waals surface area contributed by atoms with Gasteiger partial charge in [0.15, 0.2) is 5.78 Å². The molecule has 2 N–H and O–H groups in total. The van der Waals surface area contributed by atoms with Crippen molar-refractivity contribution < 1.29 is 14.3 Å². The van der Waals surface area contributed by atoms with Gasteiger partial charge in [-0.05, 0) is 18.4 Å². The van der Waals surface area contributed by atoms with Crippen LogP contribution < -0.4 is 5.73 Å². The van der Waals surface area contributed by atoms with Gasteiger partial charge in [-0.1, -0.05) is 24.3 Å². The van der Waals surface area contributed by atoms with E-state index < -0.39 is 0 Å².